The second kappa shape index (κ2) is 3.84. The van der Waals surface area contributed by atoms with Crippen LogP contribution in [0.15, 0.2) is 18.2 Å². The Morgan fingerprint density at radius 3 is 2.56 bits per heavy atom. The van der Waals surface area contributed by atoms with Crippen LogP contribution in [-0.2, 0) is 11.2 Å². The number of fused-ring (bicyclic) bond motifs is 1. The zero-order valence-corrected chi connectivity index (χ0v) is 11.5. The molecule has 2 nitrogen and oxygen atoms in total. The van der Waals surface area contributed by atoms with Gasteiger partial charge >= 0.3 is 0 Å². The molecular formula is C16H21NO. The fourth-order valence-electron chi connectivity index (χ4n) is 3.60. The highest BCUT2D eigenvalue weighted by Gasteiger charge is 2.52. The van der Waals surface area contributed by atoms with Gasteiger partial charge in [0.2, 0.25) is 0 Å². The predicted octanol–water partition coefficient (Wildman–Crippen LogP) is 3.26. The number of rotatable bonds is 1. The first-order valence-corrected chi connectivity index (χ1v) is 6.97. The summed E-state index contributed by atoms with van der Waals surface area (Å²) in [5.41, 5.74) is 3.58. The highest BCUT2D eigenvalue weighted by molar-refractivity contribution is 5.98. The first kappa shape index (κ1) is 11.8. The van der Waals surface area contributed by atoms with Gasteiger partial charge in [0.1, 0.15) is 0 Å². The van der Waals surface area contributed by atoms with E-state index in [1.165, 1.54) is 23.2 Å². The van der Waals surface area contributed by atoms with Crippen molar-refractivity contribution in [3.63, 3.8) is 0 Å². The van der Waals surface area contributed by atoms with Crippen molar-refractivity contribution in [1.29, 1.82) is 0 Å². The summed E-state index contributed by atoms with van der Waals surface area (Å²) in [7, 11) is 0. The molecule has 2 heteroatoms. The number of anilines is 1. The van der Waals surface area contributed by atoms with Gasteiger partial charge in [-0.2, -0.15) is 0 Å². The lowest BCUT2D eigenvalue weighted by Gasteiger charge is -2.55. The molecule has 18 heavy (non-hydrogen) atoms. The van der Waals surface area contributed by atoms with Crippen molar-refractivity contribution in [3.05, 3.63) is 29.3 Å². The Labute approximate surface area is 109 Å². The van der Waals surface area contributed by atoms with E-state index in [4.69, 9.17) is 0 Å². The number of benzene rings is 1. The van der Waals surface area contributed by atoms with Crippen molar-refractivity contribution in [2.24, 2.45) is 0 Å². The molecule has 0 saturated heterocycles. The zero-order valence-electron chi connectivity index (χ0n) is 11.5. The number of Topliss-reactive ketones (excluding diaryl/α,β-unsaturated/α-hetero) is 1. The third-order valence-electron chi connectivity index (χ3n) is 4.52. The molecule has 1 spiro atoms. The number of hydrogen-bond donors (Lipinski definition) is 0. The van der Waals surface area contributed by atoms with Crippen LogP contribution in [0.25, 0.3) is 0 Å². The molecule has 0 unspecified atom stereocenters. The molecule has 3 rings (SSSR count). The van der Waals surface area contributed by atoms with E-state index in [1.54, 1.807) is 0 Å². The lowest BCUT2D eigenvalue weighted by atomic mass is 9.67. The number of ketones is 1. The topological polar surface area (TPSA) is 20.3 Å². The predicted molar refractivity (Wildman–Crippen MR) is 74.1 cm³/mol. The van der Waals surface area contributed by atoms with Crippen LogP contribution in [0.1, 0.15) is 44.2 Å². The molecule has 1 aromatic rings. The second-order valence-corrected chi connectivity index (χ2v) is 6.08. The highest BCUT2D eigenvalue weighted by atomic mass is 16.1. The maximum Gasteiger partial charge on any atom is 0.162 e. The number of nitrogens with zero attached hydrogens (tertiary/aromatic N) is 1. The Morgan fingerprint density at radius 2 is 2.00 bits per heavy atom. The van der Waals surface area contributed by atoms with Gasteiger partial charge in [-0.3, -0.25) is 4.79 Å². The fraction of sp³-hybridized carbons (Fsp3) is 0.562. The molecule has 0 bridgehead atoms. The molecule has 0 radical (unpaired) electrons. The smallest absolute Gasteiger partial charge is 0.162 e. The number of carbonyl (C=O) groups is 1. The normalized spacial score (nSPS) is 21.1. The molecule has 1 saturated carbocycles. The molecule has 2 aliphatic rings. The van der Waals surface area contributed by atoms with Crippen LogP contribution in [0, 0.1) is 6.92 Å². The number of carbonyl (C=O) groups excluding carboxylic acids is 1. The third-order valence-corrected chi connectivity index (χ3v) is 4.52. The summed E-state index contributed by atoms with van der Waals surface area (Å²) in [6.45, 7) is 6.49. The molecule has 1 aromatic carbocycles. The van der Waals surface area contributed by atoms with Gasteiger partial charge < -0.3 is 4.90 Å². The van der Waals surface area contributed by atoms with Crippen LogP contribution in [0.5, 0.6) is 0 Å². The van der Waals surface area contributed by atoms with Crippen LogP contribution in [0.2, 0.25) is 0 Å². The van der Waals surface area contributed by atoms with E-state index in [9.17, 15) is 4.79 Å². The van der Waals surface area contributed by atoms with E-state index in [0.717, 1.165) is 12.8 Å². The van der Waals surface area contributed by atoms with Crippen molar-refractivity contribution in [1.82, 2.24) is 0 Å². The van der Waals surface area contributed by atoms with Gasteiger partial charge in [-0.25, -0.2) is 0 Å². The van der Waals surface area contributed by atoms with Crippen LogP contribution in [0.3, 0.4) is 0 Å². The first-order chi connectivity index (χ1) is 8.54. The van der Waals surface area contributed by atoms with Crippen LogP contribution in [0.4, 0.5) is 5.69 Å². The lowest BCUT2D eigenvalue weighted by Crippen LogP contribution is -2.64. The summed E-state index contributed by atoms with van der Waals surface area (Å²) in [5.74, 6) is 0.431. The molecule has 0 amide bonds. The molecule has 96 valence electrons. The van der Waals surface area contributed by atoms with E-state index < -0.39 is 0 Å². The molecule has 1 aliphatic heterocycles. The fourth-order valence-corrected chi connectivity index (χ4v) is 3.60. The largest absolute Gasteiger partial charge is 0.356 e. The summed E-state index contributed by atoms with van der Waals surface area (Å²) in [5, 5.41) is 0. The van der Waals surface area contributed by atoms with E-state index in [2.05, 4.69) is 43.9 Å². The standard InChI is InChI=1S/C16H21NO/c1-11(2)17-14-6-5-12(3)9-13(14)10-15(18)16(17)7-4-8-16/h5-6,9,11H,4,7-8,10H2,1-3H3. The Balaban J connectivity index is 2.14. The SMILES string of the molecule is Cc1ccc2c(c1)CC(=O)C1(CCC1)N2C(C)C. The number of hydrogen-bond acceptors (Lipinski definition) is 2. The van der Waals surface area contributed by atoms with E-state index in [-0.39, 0.29) is 5.54 Å². The van der Waals surface area contributed by atoms with Gasteiger partial charge in [-0.1, -0.05) is 17.7 Å². The molecule has 1 heterocycles. The van der Waals surface area contributed by atoms with E-state index >= 15 is 0 Å². The van der Waals surface area contributed by atoms with Crippen molar-refractivity contribution in [3.8, 4) is 0 Å². The van der Waals surface area contributed by atoms with Crippen molar-refractivity contribution < 1.29 is 4.79 Å². The van der Waals surface area contributed by atoms with Crippen LogP contribution >= 0.6 is 0 Å². The van der Waals surface area contributed by atoms with Gasteiger partial charge in [0.15, 0.2) is 5.78 Å². The van der Waals surface area contributed by atoms with Gasteiger partial charge in [0.05, 0.1) is 5.54 Å². The lowest BCUT2D eigenvalue weighted by molar-refractivity contribution is -0.127. The average Bonchev–Trinajstić information content (AvgIpc) is 2.24. The molecule has 0 N–H and O–H groups in total. The Kier molecular flexibility index (Phi) is 2.51. The van der Waals surface area contributed by atoms with Crippen molar-refractivity contribution >= 4 is 11.5 Å². The summed E-state index contributed by atoms with van der Waals surface area (Å²) < 4.78 is 0. The Morgan fingerprint density at radius 1 is 1.28 bits per heavy atom. The Bertz CT molecular complexity index is 500. The minimum atomic E-state index is -0.170. The zero-order chi connectivity index (χ0) is 12.9. The maximum absolute atomic E-state index is 12.5. The Hall–Kier alpha value is -1.31. The quantitative estimate of drug-likeness (QED) is 0.754. The third kappa shape index (κ3) is 1.44. The van der Waals surface area contributed by atoms with Crippen molar-refractivity contribution in [2.45, 2.75) is 58.0 Å². The van der Waals surface area contributed by atoms with Crippen molar-refractivity contribution in [2.75, 3.05) is 4.90 Å². The number of aryl methyl sites for hydroxylation is 1. The highest BCUT2D eigenvalue weighted by Crippen LogP contribution is 2.47. The summed E-state index contributed by atoms with van der Waals surface area (Å²) in [6.07, 6.45) is 3.89. The first-order valence-electron chi connectivity index (χ1n) is 6.97. The summed E-state index contributed by atoms with van der Waals surface area (Å²) in [4.78, 5) is 14.9. The van der Waals surface area contributed by atoms with Gasteiger partial charge in [-0.05, 0) is 51.7 Å². The molecule has 1 fully saturated rings. The van der Waals surface area contributed by atoms with Gasteiger partial charge in [0.25, 0.3) is 0 Å². The summed E-state index contributed by atoms with van der Waals surface area (Å²) in [6, 6.07) is 6.93. The van der Waals surface area contributed by atoms with Gasteiger partial charge in [0, 0.05) is 18.2 Å². The molecule has 1 aliphatic carbocycles. The second-order valence-electron chi connectivity index (χ2n) is 6.08. The maximum atomic E-state index is 12.5. The molecule has 0 atom stereocenters. The minimum Gasteiger partial charge on any atom is -0.356 e. The summed E-state index contributed by atoms with van der Waals surface area (Å²) >= 11 is 0. The molecule has 0 aromatic heterocycles. The van der Waals surface area contributed by atoms with E-state index in [0.29, 0.717) is 18.2 Å². The average molecular weight is 243 g/mol. The monoisotopic (exact) mass is 243 g/mol. The van der Waals surface area contributed by atoms with Gasteiger partial charge in [-0.15, -0.1) is 0 Å². The van der Waals surface area contributed by atoms with E-state index in [1.807, 2.05) is 0 Å². The molecular weight excluding hydrogens is 222 g/mol. The van der Waals surface area contributed by atoms with Crippen LogP contribution < -0.4 is 4.90 Å². The van der Waals surface area contributed by atoms with Crippen LogP contribution in [-0.4, -0.2) is 17.4 Å². The minimum absolute atomic E-state index is 0.170.